The molecule has 2 aromatic rings. The summed E-state index contributed by atoms with van der Waals surface area (Å²) in [5.41, 5.74) is 7.16. The normalized spacial score (nSPS) is 11.4. The summed E-state index contributed by atoms with van der Waals surface area (Å²) >= 11 is 3.32. The predicted octanol–water partition coefficient (Wildman–Crippen LogP) is 3.04. The molecule has 0 atom stereocenters. The number of nitrogens with two attached hydrogens (primary N) is 1. The number of halogens is 1. The fourth-order valence-electron chi connectivity index (χ4n) is 1.56. The van der Waals surface area contributed by atoms with Gasteiger partial charge in [0, 0.05) is 10.7 Å². The lowest BCUT2D eigenvalue weighted by molar-refractivity contribution is 0.318. The van der Waals surface area contributed by atoms with Gasteiger partial charge in [0.25, 0.3) is 0 Å². The number of benzene rings is 1. The third-order valence-corrected chi connectivity index (χ3v) is 2.86. The highest BCUT2D eigenvalue weighted by Gasteiger charge is 2.10. The van der Waals surface area contributed by atoms with Crippen molar-refractivity contribution < 1.29 is 9.94 Å². The molecule has 98 valence electrons. The Morgan fingerprint density at radius 1 is 1.37 bits per heavy atom. The molecule has 0 fully saturated rings. The van der Waals surface area contributed by atoms with Crippen LogP contribution in [-0.2, 0) is 0 Å². The Hall–Kier alpha value is -2.08. The number of aryl methyl sites for hydroxylation is 1. The summed E-state index contributed by atoms with van der Waals surface area (Å²) in [6.45, 7) is 1.92. The zero-order valence-corrected chi connectivity index (χ0v) is 11.8. The Kier molecular flexibility index (Phi) is 4.01. The summed E-state index contributed by atoms with van der Waals surface area (Å²) in [6.07, 6.45) is 3.24. The number of nitrogens with zero attached hydrogens (tertiary/aromatic N) is 2. The first kappa shape index (κ1) is 13.4. The van der Waals surface area contributed by atoms with Crippen LogP contribution in [0.15, 0.2) is 46.3 Å². The Morgan fingerprint density at radius 2 is 2.16 bits per heavy atom. The molecule has 0 aliphatic rings. The van der Waals surface area contributed by atoms with Crippen molar-refractivity contribution in [3.63, 3.8) is 0 Å². The van der Waals surface area contributed by atoms with Crippen LogP contribution in [-0.4, -0.2) is 16.0 Å². The van der Waals surface area contributed by atoms with E-state index in [0.717, 1.165) is 10.0 Å². The third kappa shape index (κ3) is 3.23. The highest BCUT2D eigenvalue weighted by Crippen LogP contribution is 2.27. The van der Waals surface area contributed by atoms with E-state index in [1.807, 2.05) is 13.0 Å². The van der Waals surface area contributed by atoms with Gasteiger partial charge in [-0.2, -0.15) is 0 Å². The van der Waals surface area contributed by atoms with E-state index in [9.17, 15) is 0 Å². The quantitative estimate of drug-likeness (QED) is 0.394. The van der Waals surface area contributed by atoms with E-state index in [-0.39, 0.29) is 5.84 Å². The molecule has 0 saturated carbocycles. The van der Waals surface area contributed by atoms with Crippen LogP contribution in [0.4, 0.5) is 0 Å². The minimum absolute atomic E-state index is 0.00153. The van der Waals surface area contributed by atoms with Gasteiger partial charge in [0.15, 0.2) is 5.84 Å². The van der Waals surface area contributed by atoms with E-state index in [2.05, 4.69) is 26.1 Å². The molecule has 0 radical (unpaired) electrons. The van der Waals surface area contributed by atoms with Crippen LogP contribution in [0.5, 0.6) is 11.5 Å². The Bertz CT molecular complexity index is 629. The molecule has 19 heavy (non-hydrogen) atoms. The summed E-state index contributed by atoms with van der Waals surface area (Å²) in [7, 11) is 0. The fraction of sp³-hybridized carbons (Fsp3) is 0.0769. The van der Waals surface area contributed by atoms with Crippen LogP contribution in [0.2, 0.25) is 0 Å². The molecule has 0 amide bonds. The van der Waals surface area contributed by atoms with Crippen molar-refractivity contribution in [3.05, 3.63) is 52.3 Å². The number of rotatable bonds is 3. The second kappa shape index (κ2) is 5.71. The Balaban J connectivity index is 2.40. The molecule has 2 rings (SSSR count). The molecule has 0 saturated heterocycles. The maximum atomic E-state index is 8.80. The van der Waals surface area contributed by atoms with Crippen molar-refractivity contribution in [2.45, 2.75) is 6.92 Å². The molecule has 5 nitrogen and oxygen atoms in total. The van der Waals surface area contributed by atoms with E-state index < -0.39 is 0 Å². The lowest BCUT2D eigenvalue weighted by atomic mass is 10.1. The van der Waals surface area contributed by atoms with Crippen molar-refractivity contribution in [1.82, 2.24) is 4.98 Å². The first-order chi connectivity index (χ1) is 9.10. The summed E-state index contributed by atoms with van der Waals surface area (Å²) in [6, 6.07) is 7.22. The van der Waals surface area contributed by atoms with Crippen LogP contribution >= 0.6 is 15.9 Å². The number of oxime groups is 1. The maximum Gasteiger partial charge on any atom is 0.173 e. The monoisotopic (exact) mass is 321 g/mol. The highest BCUT2D eigenvalue weighted by atomic mass is 79.9. The van der Waals surface area contributed by atoms with E-state index >= 15 is 0 Å². The minimum atomic E-state index is 0.00153. The van der Waals surface area contributed by atoms with Crippen molar-refractivity contribution in [1.29, 1.82) is 0 Å². The second-order valence-electron chi connectivity index (χ2n) is 3.93. The van der Waals surface area contributed by atoms with Gasteiger partial charge < -0.3 is 15.7 Å². The molecule has 0 aliphatic heterocycles. The smallest absolute Gasteiger partial charge is 0.173 e. The molecule has 1 aromatic heterocycles. The summed E-state index contributed by atoms with van der Waals surface area (Å²) in [5.74, 6) is 1.06. The SMILES string of the molecule is Cc1ccc(Oc2cncc(Br)c2)c(/C(N)=N/O)c1. The van der Waals surface area contributed by atoms with E-state index in [0.29, 0.717) is 17.1 Å². The number of ether oxygens (including phenoxy) is 1. The molecular weight excluding hydrogens is 310 g/mol. The molecule has 0 spiro atoms. The van der Waals surface area contributed by atoms with Crippen LogP contribution < -0.4 is 10.5 Å². The average Bonchev–Trinajstić information content (AvgIpc) is 2.40. The largest absolute Gasteiger partial charge is 0.455 e. The number of amidine groups is 1. The van der Waals surface area contributed by atoms with Gasteiger partial charge in [-0.15, -0.1) is 0 Å². The van der Waals surface area contributed by atoms with Crippen LogP contribution in [0.3, 0.4) is 0 Å². The minimum Gasteiger partial charge on any atom is -0.455 e. The highest BCUT2D eigenvalue weighted by molar-refractivity contribution is 9.10. The standard InChI is InChI=1S/C13H12BrN3O2/c1-8-2-3-12(11(4-8)13(15)17-18)19-10-5-9(14)6-16-7-10/h2-7,18H,1H3,(H2,15,17). The Morgan fingerprint density at radius 3 is 2.84 bits per heavy atom. The molecule has 6 heteroatoms. The first-order valence-corrected chi connectivity index (χ1v) is 6.26. The maximum absolute atomic E-state index is 8.80. The van der Waals surface area contributed by atoms with Gasteiger partial charge in [-0.3, -0.25) is 4.98 Å². The van der Waals surface area contributed by atoms with Crippen LogP contribution in [0, 0.1) is 6.92 Å². The van der Waals surface area contributed by atoms with Crippen LogP contribution in [0.1, 0.15) is 11.1 Å². The molecular formula is C13H12BrN3O2. The first-order valence-electron chi connectivity index (χ1n) is 5.47. The number of hydrogen-bond acceptors (Lipinski definition) is 4. The average molecular weight is 322 g/mol. The molecule has 1 heterocycles. The Labute approximate surface area is 118 Å². The molecule has 3 N–H and O–H groups in total. The van der Waals surface area contributed by atoms with Crippen molar-refractivity contribution in [2.75, 3.05) is 0 Å². The lowest BCUT2D eigenvalue weighted by Gasteiger charge is -2.11. The van der Waals surface area contributed by atoms with Gasteiger partial charge >= 0.3 is 0 Å². The molecule has 0 unspecified atom stereocenters. The number of pyridine rings is 1. The van der Waals surface area contributed by atoms with Crippen molar-refractivity contribution >= 4 is 21.8 Å². The zero-order chi connectivity index (χ0) is 13.8. The fourth-order valence-corrected chi connectivity index (χ4v) is 1.91. The third-order valence-electron chi connectivity index (χ3n) is 2.43. The van der Waals surface area contributed by atoms with Crippen LogP contribution in [0.25, 0.3) is 0 Å². The topological polar surface area (TPSA) is 80.7 Å². The van der Waals surface area contributed by atoms with Gasteiger partial charge in [-0.1, -0.05) is 16.8 Å². The van der Waals surface area contributed by atoms with Gasteiger partial charge in [0.05, 0.1) is 11.8 Å². The molecule has 0 aliphatic carbocycles. The summed E-state index contributed by atoms with van der Waals surface area (Å²) < 4.78 is 6.51. The van der Waals surface area contributed by atoms with Gasteiger partial charge in [0.1, 0.15) is 11.5 Å². The van der Waals surface area contributed by atoms with Gasteiger partial charge in [-0.25, -0.2) is 0 Å². The summed E-state index contributed by atoms with van der Waals surface area (Å²) in [4.78, 5) is 4.01. The van der Waals surface area contributed by atoms with E-state index in [1.165, 1.54) is 0 Å². The zero-order valence-electron chi connectivity index (χ0n) is 10.2. The number of hydrogen-bond donors (Lipinski definition) is 2. The molecule has 1 aromatic carbocycles. The summed E-state index contributed by atoms with van der Waals surface area (Å²) in [5, 5.41) is 11.8. The van der Waals surface area contributed by atoms with Crippen molar-refractivity contribution in [2.24, 2.45) is 10.9 Å². The molecule has 0 bridgehead atoms. The van der Waals surface area contributed by atoms with Crippen molar-refractivity contribution in [3.8, 4) is 11.5 Å². The van der Waals surface area contributed by atoms with Gasteiger partial charge in [0.2, 0.25) is 0 Å². The lowest BCUT2D eigenvalue weighted by Crippen LogP contribution is -2.14. The predicted molar refractivity (Wildman–Crippen MR) is 75.7 cm³/mol. The van der Waals surface area contributed by atoms with E-state index in [1.54, 1.807) is 30.6 Å². The number of aromatic nitrogens is 1. The second-order valence-corrected chi connectivity index (χ2v) is 4.84. The van der Waals surface area contributed by atoms with E-state index in [4.69, 9.17) is 15.7 Å². The van der Waals surface area contributed by atoms with Gasteiger partial charge in [-0.05, 0) is 41.1 Å².